The van der Waals surface area contributed by atoms with Gasteiger partial charge in [-0.3, -0.25) is 9.59 Å². The molecule has 1 aromatic heterocycles. The summed E-state index contributed by atoms with van der Waals surface area (Å²) in [5, 5.41) is 0. The minimum absolute atomic E-state index is 0.00436. The van der Waals surface area contributed by atoms with Crippen LogP contribution < -0.4 is 0 Å². The largest absolute Gasteiger partial charge is 0.345 e. The fourth-order valence-electron chi connectivity index (χ4n) is 3.78. The molecule has 2 heterocycles. The van der Waals surface area contributed by atoms with Crippen molar-refractivity contribution in [3.8, 4) is 0 Å². The van der Waals surface area contributed by atoms with E-state index in [4.69, 9.17) is 0 Å². The molecule has 2 amide bonds. The van der Waals surface area contributed by atoms with E-state index in [9.17, 15) is 9.59 Å². The van der Waals surface area contributed by atoms with Gasteiger partial charge < -0.3 is 14.4 Å². The zero-order valence-corrected chi connectivity index (χ0v) is 16.3. The first-order valence-corrected chi connectivity index (χ1v) is 9.43. The standard InChI is InChI=1S/C20H31N3O2/c1-14-12-17(15(2)23(14)16-6-7-16)19(25)22-10-8-21(9-11-22)18(24)13-20(3,4)5/h12,16H,6-11,13H2,1-5H3. The van der Waals surface area contributed by atoms with E-state index < -0.39 is 0 Å². The number of carbonyl (C=O) groups is 2. The Kier molecular flexibility index (Phi) is 4.69. The SMILES string of the molecule is Cc1cc(C(=O)N2CCN(C(=O)CC(C)(C)C)CC2)c(C)n1C1CC1. The van der Waals surface area contributed by atoms with Crippen LogP contribution in [-0.4, -0.2) is 52.4 Å². The third kappa shape index (κ3) is 3.91. The van der Waals surface area contributed by atoms with Crippen molar-refractivity contribution >= 4 is 11.8 Å². The monoisotopic (exact) mass is 345 g/mol. The molecule has 25 heavy (non-hydrogen) atoms. The summed E-state index contributed by atoms with van der Waals surface area (Å²) in [6, 6.07) is 2.63. The Bertz CT molecular complexity index is 672. The highest BCUT2D eigenvalue weighted by molar-refractivity contribution is 5.96. The van der Waals surface area contributed by atoms with E-state index >= 15 is 0 Å². The van der Waals surface area contributed by atoms with Crippen LogP contribution in [0.15, 0.2) is 6.07 Å². The van der Waals surface area contributed by atoms with E-state index in [1.54, 1.807) is 0 Å². The summed E-state index contributed by atoms with van der Waals surface area (Å²) in [5.41, 5.74) is 3.11. The third-order valence-corrected chi connectivity index (χ3v) is 5.23. The van der Waals surface area contributed by atoms with Crippen LogP contribution in [0, 0.1) is 19.3 Å². The van der Waals surface area contributed by atoms with E-state index in [-0.39, 0.29) is 17.2 Å². The number of rotatable bonds is 3. The summed E-state index contributed by atoms with van der Waals surface area (Å²) in [4.78, 5) is 29.1. The van der Waals surface area contributed by atoms with E-state index in [1.807, 2.05) is 15.9 Å². The molecular formula is C20H31N3O2. The summed E-state index contributed by atoms with van der Waals surface area (Å²) in [6.45, 7) is 12.9. The molecule has 0 N–H and O–H groups in total. The van der Waals surface area contributed by atoms with E-state index in [0.717, 1.165) is 11.3 Å². The predicted molar refractivity (Wildman–Crippen MR) is 98.7 cm³/mol. The lowest BCUT2D eigenvalue weighted by Crippen LogP contribution is -2.51. The number of piperazine rings is 1. The lowest BCUT2D eigenvalue weighted by atomic mass is 9.91. The summed E-state index contributed by atoms with van der Waals surface area (Å²) in [7, 11) is 0. The van der Waals surface area contributed by atoms with Crippen molar-refractivity contribution in [3.63, 3.8) is 0 Å². The van der Waals surface area contributed by atoms with Gasteiger partial charge in [-0.2, -0.15) is 0 Å². The number of hydrogen-bond acceptors (Lipinski definition) is 2. The lowest BCUT2D eigenvalue weighted by Gasteiger charge is -2.36. The zero-order valence-electron chi connectivity index (χ0n) is 16.3. The quantitative estimate of drug-likeness (QED) is 0.845. The van der Waals surface area contributed by atoms with Gasteiger partial charge in [0.25, 0.3) is 5.91 Å². The molecule has 138 valence electrons. The molecule has 0 aromatic carbocycles. The van der Waals surface area contributed by atoms with Gasteiger partial charge in [0.05, 0.1) is 5.56 Å². The van der Waals surface area contributed by atoms with Crippen LogP contribution >= 0.6 is 0 Å². The highest BCUT2D eigenvalue weighted by Crippen LogP contribution is 2.38. The van der Waals surface area contributed by atoms with Crippen LogP contribution in [0.2, 0.25) is 0 Å². The fourth-order valence-corrected chi connectivity index (χ4v) is 3.78. The first kappa shape index (κ1) is 18.0. The maximum Gasteiger partial charge on any atom is 0.255 e. The molecule has 2 fully saturated rings. The number of hydrogen-bond donors (Lipinski definition) is 0. The maximum atomic E-state index is 12.9. The normalized spacial score (nSPS) is 18.6. The predicted octanol–water partition coefficient (Wildman–Crippen LogP) is 3.16. The van der Waals surface area contributed by atoms with Crippen molar-refractivity contribution in [2.24, 2.45) is 5.41 Å². The Morgan fingerprint density at radius 1 is 1.04 bits per heavy atom. The van der Waals surface area contributed by atoms with Crippen molar-refractivity contribution in [2.45, 2.75) is 59.9 Å². The lowest BCUT2D eigenvalue weighted by molar-refractivity contribution is -0.134. The third-order valence-electron chi connectivity index (χ3n) is 5.23. The number of amides is 2. The van der Waals surface area contributed by atoms with E-state index in [2.05, 4.69) is 39.2 Å². The Balaban J connectivity index is 1.62. The number of aryl methyl sites for hydroxylation is 1. The Morgan fingerprint density at radius 3 is 2.12 bits per heavy atom. The Labute approximate surface area is 151 Å². The zero-order chi connectivity index (χ0) is 18.4. The van der Waals surface area contributed by atoms with Crippen LogP contribution in [0.4, 0.5) is 0 Å². The summed E-state index contributed by atoms with van der Waals surface area (Å²) in [5.74, 6) is 0.314. The van der Waals surface area contributed by atoms with Gasteiger partial charge in [-0.1, -0.05) is 20.8 Å². The van der Waals surface area contributed by atoms with Crippen molar-refractivity contribution < 1.29 is 9.59 Å². The van der Waals surface area contributed by atoms with Crippen LogP contribution in [0.3, 0.4) is 0 Å². The highest BCUT2D eigenvalue weighted by Gasteiger charge is 2.31. The second kappa shape index (κ2) is 6.50. The first-order chi connectivity index (χ1) is 11.7. The van der Waals surface area contributed by atoms with Gasteiger partial charge in [0.15, 0.2) is 0 Å². The summed E-state index contributed by atoms with van der Waals surface area (Å²) in [6.07, 6.45) is 3.00. The minimum Gasteiger partial charge on any atom is -0.345 e. The molecule has 1 saturated carbocycles. The first-order valence-electron chi connectivity index (χ1n) is 9.43. The fraction of sp³-hybridized carbons (Fsp3) is 0.700. The summed E-state index contributed by atoms with van der Waals surface area (Å²) >= 11 is 0. The van der Waals surface area contributed by atoms with Gasteiger partial charge in [-0.05, 0) is 38.2 Å². The molecule has 5 nitrogen and oxygen atoms in total. The molecule has 0 atom stereocenters. The van der Waals surface area contributed by atoms with Gasteiger partial charge in [0.1, 0.15) is 0 Å². The smallest absolute Gasteiger partial charge is 0.255 e. The van der Waals surface area contributed by atoms with E-state index in [0.29, 0.717) is 38.6 Å². The molecule has 2 aliphatic rings. The van der Waals surface area contributed by atoms with Crippen molar-refractivity contribution in [2.75, 3.05) is 26.2 Å². The van der Waals surface area contributed by atoms with Crippen molar-refractivity contribution in [1.82, 2.24) is 14.4 Å². The average molecular weight is 345 g/mol. The minimum atomic E-state index is 0.00436. The number of carbonyl (C=O) groups excluding carboxylic acids is 2. The maximum absolute atomic E-state index is 12.9. The number of nitrogens with zero attached hydrogens (tertiary/aromatic N) is 3. The van der Waals surface area contributed by atoms with Crippen LogP contribution in [0.5, 0.6) is 0 Å². The second-order valence-corrected chi connectivity index (χ2v) is 8.80. The van der Waals surface area contributed by atoms with Gasteiger partial charge in [0, 0.05) is 50.0 Å². The van der Waals surface area contributed by atoms with Crippen molar-refractivity contribution in [1.29, 1.82) is 0 Å². The number of aromatic nitrogens is 1. The molecular weight excluding hydrogens is 314 g/mol. The molecule has 3 rings (SSSR count). The van der Waals surface area contributed by atoms with Crippen molar-refractivity contribution in [3.05, 3.63) is 23.0 Å². The van der Waals surface area contributed by atoms with Gasteiger partial charge in [-0.15, -0.1) is 0 Å². The Hall–Kier alpha value is -1.78. The van der Waals surface area contributed by atoms with E-state index in [1.165, 1.54) is 18.5 Å². The molecule has 0 unspecified atom stereocenters. The molecule has 5 heteroatoms. The molecule has 1 saturated heterocycles. The van der Waals surface area contributed by atoms with Gasteiger partial charge >= 0.3 is 0 Å². The molecule has 0 bridgehead atoms. The molecule has 1 aliphatic carbocycles. The topological polar surface area (TPSA) is 45.6 Å². The molecule has 0 spiro atoms. The molecule has 1 aliphatic heterocycles. The van der Waals surface area contributed by atoms with Crippen LogP contribution in [0.25, 0.3) is 0 Å². The van der Waals surface area contributed by atoms with Crippen LogP contribution in [0.1, 0.15) is 67.8 Å². The Morgan fingerprint density at radius 2 is 1.60 bits per heavy atom. The molecule has 0 radical (unpaired) electrons. The second-order valence-electron chi connectivity index (χ2n) is 8.80. The van der Waals surface area contributed by atoms with Gasteiger partial charge in [-0.25, -0.2) is 0 Å². The van der Waals surface area contributed by atoms with Gasteiger partial charge in [0.2, 0.25) is 5.91 Å². The summed E-state index contributed by atoms with van der Waals surface area (Å²) < 4.78 is 2.32. The highest BCUT2D eigenvalue weighted by atomic mass is 16.2. The molecule has 1 aromatic rings. The van der Waals surface area contributed by atoms with Crippen LogP contribution in [-0.2, 0) is 4.79 Å². The average Bonchev–Trinajstić information content (AvgIpc) is 3.31.